The molecule has 1 aliphatic rings. The third kappa shape index (κ3) is 2.87. The fourth-order valence-electron chi connectivity index (χ4n) is 2.49. The molecule has 3 rings (SSSR count). The first-order valence-electron chi connectivity index (χ1n) is 7.26. The van der Waals surface area contributed by atoms with Gasteiger partial charge in [-0.1, -0.05) is 18.5 Å². The first-order valence-corrected chi connectivity index (χ1v) is 7.64. The fourth-order valence-corrected chi connectivity index (χ4v) is 2.67. The molecule has 1 aliphatic heterocycles. The van der Waals surface area contributed by atoms with Gasteiger partial charge >= 0.3 is 0 Å². The maximum Gasteiger partial charge on any atom is 0.279 e. The van der Waals surface area contributed by atoms with Crippen LogP contribution in [0.4, 0.5) is 5.69 Å². The maximum atomic E-state index is 12.6. The SMILES string of the molecule is CCCN1C(=O)/C(=N/C(=O)c2cccnc2)c2cc(Cl)ccc21. The molecule has 6 heteroatoms. The molecule has 0 spiro atoms. The van der Waals surface area contributed by atoms with Crippen molar-refractivity contribution < 1.29 is 9.59 Å². The zero-order chi connectivity index (χ0) is 16.4. The summed E-state index contributed by atoms with van der Waals surface area (Å²) in [5.41, 5.74) is 1.79. The highest BCUT2D eigenvalue weighted by atomic mass is 35.5. The summed E-state index contributed by atoms with van der Waals surface area (Å²) in [6.07, 6.45) is 3.80. The number of carbonyl (C=O) groups excluding carboxylic acids is 2. The van der Waals surface area contributed by atoms with Crippen LogP contribution < -0.4 is 4.90 Å². The average Bonchev–Trinajstić information content (AvgIpc) is 2.81. The van der Waals surface area contributed by atoms with Crippen LogP contribution in [0.1, 0.15) is 29.3 Å². The van der Waals surface area contributed by atoms with E-state index in [9.17, 15) is 9.59 Å². The lowest BCUT2D eigenvalue weighted by molar-refractivity contribution is -0.112. The molecule has 0 saturated carbocycles. The number of aromatic nitrogens is 1. The van der Waals surface area contributed by atoms with Crippen molar-refractivity contribution in [2.45, 2.75) is 13.3 Å². The van der Waals surface area contributed by atoms with Gasteiger partial charge in [-0.25, -0.2) is 4.99 Å². The van der Waals surface area contributed by atoms with E-state index in [4.69, 9.17) is 11.6 Å². The third-order valence-electron chi connectivity index (χ3n) is 3.52. The molecule has 116 valence electrons. The Morgan fingerprint density at radius 3 is 2.87 bits per heavy atom. The number of anilines is 1. The molecule has 2 aromatic rings. The highest BCUT2D eigenvalue weighted by molar-refractivity contribution is 6.55. The topological polar surface area (TPSA) is 62.6 Å². The molecule has 0 radical (unpaired) electrons. The molecule has 0 fully saturated rings. The number of benzene rings is 1. The van der Waals surface area contributed by atoms with Crippen LogP contribution in [-0.2, 0) is 4.79 Å². The standard InChI is InChI=1S/C17H14ClN3O2/c1-2-8-21-14-6-5-12(18)9-13(14)15(17(21)23)20-16(22)11-4-3-7-19-10-11/h3-7,9-10H,2,8H2,1H3/b20-15+. The number of fused-ring (bicyclic) bond motifs is 1. The van der Waals surface area contributed by atoms with Crippen molar-refractivity contribution >= 4 is 34.8 Å². The molecule has 0 atom stereocenters. The highest BCUT2D eigenvalue weighted by Gasteiger charge is 2.34. The van der Waals surface area contributed by atoms with Crippen LogP contribution in [0.5, 0.6) is 0 Å². The Labute approximate surface area is 138 Å². The zero-order valence-corrected chi connectivity index (χ0v) is 13.2. The lowest BCUT2D eigenvalue weighted by Gasteiger charge is -2.15. The number of nitrogens with zero attached hydrogens (tertiary/aromatic N) is 3. The van der Waals surface area contributed by atoms with E-state index in [-0.39, 0.29) is 11.6 Å². The highest BCUT2D eigenvalue weighted by Crippen LogP contribution is 2.32. The van der Waals surface area contributed by atoms with E-state index in [1.54, 1.807) is 41.4 Å². The van der Waals surface area contributed by atoms with Gasteiger partial charge in [0.25, 0.3) is 11.8 Å². The first kappa shape index (κ1) is 15.4. The van der Waals surface area contributed by atoms with Gasteiger partial charge < -0.3 is 4.90 Å². The van der Waals surface area contributed by atoms with Gasteiger partial charge in [0.1, 0.15) is 5.71 Å². The molecule has 2 heterocycles. The van der Waals surface area contributed by atoms with Crippen LogP contribution in [0, 0.1) is 0 Å². The average molecular weight is 328 g/mol. The number of halogens is 1. The summed E-state index contributed by atoms with van der Waals surface area (Å²) >= 11 is 6.03. The third-order valence-corrected chi connectivity index (χ3v) is 3.76. The minimum atomic E-state index is -0.495. The van der Waals surface area contributed by atoms with Gasteiger partial charge in [0, 0.05) is 29.5 Å². The Morgan fingerprint density at radius 2 is 2.17 bits per heavy atom. The lowest BCUT2D eigenvalue weighted by Crippen LogP contribution is -2.31. The summed E-state index contributed by atoms with van der Waals surface area (Å²) in [6.45, 7) is 2.55. The summed E-state index contributed by atoms with van der Waals surface area (Å²) in [7, 11) is 0. The minimum Gasteiger partial charge on any atom is -0.306 e. The van der Waals surface area contributed by atoms with Crippen molar-refractivity contribution in [3.8, 4) is 0 Å². The van der Waals surface area contributed by atoms with Crippen molar-refractivity contribution in [2.75, 3.05) is 11.4 Å². The molecule has 0 unspecified atom stereocenters. The predicted octanol–water partition coefficient (Wildman–Crippen LogP) is 3.12. The fraction of sp³-hybridized carbons (Fsp3) is 0.176. The van der Waals surface area contributed by atoms with Crippen molar-refractivity contribution in [3.63, 3.8) is 0 Å². The molecule has 0 N–H and O–H groups in total. The van der Waals surface area contributed by atoms with Gasteiger partial charge in [0.15, 0.2) is 0 Å². The predicted molar refractivity (Wildman–Crippen MR) is 89.2 cm³/mol. The van der Waals surface area contributed by atoms with Crippen molar-refractivity contribution in [2.24, 2.45) is 4.99 Å². The van der Waals surface area contributed by atoms with Crippen molar-refractivity contribution in [1.82, 2.24) is 4.98 Å². The smallest absolute Gasteiger partial charge is 0.279 e. The number of amides is 2. The van der Waals surface area contributed by atoms with Gasteiger partial charge in [-0.3, -0.25) is 14.6 Å². The number of hydrogen-bond donors (Lipinski definition) is 0. The van der Waals surface area contributed by atoms with Crippen LogP contribution in [0.15, 0.2) is 47.7 Å². The van der Waals surface area contributed by atoms with Gasteiger partial charge in [0.05, 0.1) is 11.3 Å². The summed E-state index contributed by atoms with van der Waals surface area (Å²) < 4.78 is 0. The molecule has 5 nitrogen and oxygen atoms in total. The minimum absolute atomic E-state index is 0.129. The van der Waals surface area contributed by atoms with Crippen molar-refractivity contribution in [3.05, 3.63) is 58.9 Å². The molecule has 0 saturated heterocycles. The Hall–Kier alpha value is -2.53. The van der Waals surface area contributed by atoms with Gasteiger partial charge in [-0.15, -0.1) is 0 Å². The summed E-state index contributed by atoms with van der Waals surface area (Å²) in [5, 5.41) is 0.497. The molecular formula is C17H14ClN3O2. The second-order valence-electron chi connectivity index (χ2n) is 5.13. The van der Waals surface area contributed by atoms with E-state index in [0.29, 0.717) is 22.7 Å². The maximum absolute atomic E-state index is 12.6. The Morgan fingerprint density at radius 1 is 1.35 bits per heavy atom. The van der Waals surface area contributed by atoms with E-state index < -0.39 is 5.91 Å². The van der Waals surface area contributed by atoms with Crippen LogP contribution in [-0.4, -0.2) is 29.1 Å². The number of hydrogen-bond acceptors (Lipinski definition) is 3. The monoisotopic (exact) mass is 327 g/mol. The Balaban J connectivity index is 2.06. The Kier molecular flexibility index (Phi) is 4.21. The molecule has 2 amide bonds. The number of aliphatic imine (C=N–C) groups is 1. The van der Waals surface area contributed by atoms with Crippen LogP contribution in [0.25, 0.3) is 0 Å². The van der Waals surface area contributed by atoms with E-state index in [2.05, 4.69) is 9.98 Å². The molecule has 23 heavy (non-hydrogen) atoms. The van der Waals surface area contributed by atoms with Crippen LogP contribution in [0.3, 0.4) is 0 Å². The van der Waals surface area contributed by atoms with E-state index in [1.165, 1.54) is 6.20 Å². The van der Waals surface area contributed by atoms with Gasteiger partial charge in [0.2, 0.25) is 0 Å². The quantitative estimate of drug-likeness (QED) is 0.870. The van der Waals surface area contributed by atoms with E-state index in [1.807, 2.05) is 6.92 Å². The Bertz CT molecular complexity index is 803. The summed E-state index contributed by atoms with van der Waals surface area (Å²) in [6, 6.07) is 8.43. The second kappa shape index (κ2) is 6.30. The van der Waals surface area contributed by atoms with E-state index in [0.717, 1.165) is 12.1 Å². The van der Waals surface area contributed by atoms with Crippen molar-refractivity contribution in [1.29, 1.82) is 0 Å². The van der Waals surface area contributed by atoms with Crippen LogP contribution >= 0.6 is 11.6 Å². The summed E-state index contributed by atoms with van der Waals surface area (Å²) in [4.78, 5) is 34.4. The number of rotatable bonds is 3. The van der Waals surface area contributed by atoms with Gasteiger partial charge in [-0.2, -0.15) is 0 Å². The molecule has 0 aliphatic carbocycles. The summed E-state index contributed by atoms with van der Waals surface area (Å²) in [5.74, 6) is -0.771. The molecule has 0 bridgehead atoms. The zero-order valence-electron chi connectivity index (χ0n) is 12.5. The molecule has 1 aromatic heterocycles. The first-order chi connectivity index (χ1) is 11.1. The normalized spacial score (nSPS) is 15.1. The van der Waals surface area contributed by atoms with Crippen LogP contribution in [0.2, 0.25) is 5.02 Å². The largest absolute Gasteiger partial charge is 0.306 e. The van der Waals surface area contributed by atoms with E-state index >= 15 is 0 Å². The van der Waals surface area contributed by atoms with Gasteiger partial charge in [-0.05, 0) is 36.8 Å². The second-order valence-corrected chi connectivity index (χ2v) is 5.56. The number of pyridine rings is 1. The molecular weight excluding hydrogens is 314 g/mol. The molecule has 1 aromatic carbocycles. The number of carbonyl (C=O) groups is 2. The lowest BCUT2D eigenvalue weighted by atomic mass is 10.1.